The second-order valence-electron chi connectivity index (χ2n) is 5.89. The molecule has 3 N–H and O–H groups in total. The molecular formula is C16H23NO. The molecule has 0 saturated carbocycles. The van der Waals surface area contributed by atoms with Crippen molar-refractivity contribution in [2.45, 2.75) is 51.6 Å². The van der Waals surface area contributed by atoms with E-state index in [1.165, 1.54) is 18.4 Å². The molecule has 1 aromatic carbocycles. The minimum absolute atomic E-state index is 0.660. The highest BCUT2D eigenvalue weighted by Crippen LogP contribution is 2.31. The van der Waals surface area contributed by atoms with Crippen LogP contribution in [0.2, 0.25) is 0 Å². The molecule has 1 aliphatic rings. The Hall–Kier alpha value is -1.28. The van der Waals surface area contributed by atoms with Crippen LogP contribution >= 0.6 is 0 Å². The highest BCUT2D eigenvalue weighted by Gasteiger charge is 2.15. The van der Waals surface area contributed by atoms with Crippen molar-refractivity contribution in [2.75, 3.05) is 5.73 Å². The second-order valence-corrected chi connectivity index (χ2v) is 5.89. The molecule has 2 rings (SSSR count). The summed E-state index contributed by atoms with van der Waals surface area (Å²) < 4.78 is 0. The number of allylic oxidation sites excluding steroid dienone is 2. The summed E-state index contributed by atoms with van der Waals surface area (Å²) in [7, 11) is 0. The summed E-state index contributed by atoms with van der Waals surface area (Å²) in [4.78, 5) is 0. The first kappa shape index (κ1) is 13.2. The molecule has 0 fully saturated rings. The average molecular weight is 245 g/mol. The van der Waals surface area contributed by atoms with Crippen molar-refractivity contribution in [2.24, 2.45) is 0 Å². The Morgan fingerprint density at radius 3 is 2.67 bits per heavy atom. The lowest BCUT2D eigenvalue weighted by molar-refractivity contribution is 0.0810. The molecule has 2 nitrogen and oxygen atoms in total. The van der Waals surface area contributed by atoms with E-state index in [1.54, 1.807) is 0 Å². The summed E-state index contributed by atoms with van der Waals surface area (Å²) in [5.41, 5.74) is 9.94. The fraction of sp³-hybridized carbons (Fsp3) is 0.500. The molecule has 98 valence electrons. The van der Waals surface area contributed by atoms with Crippen LogP contribution in [0.1, 0.15) is 50.7 Å². The molecule has 1 aromatic rings. The van der Waals surface area contributed by atoms with Crippen molar-refractivity contribution in [3.05, 3.63) is 35.4 Å². The molecule has 0 saturated heterocycles. The van der Waals surface area contributed by atoms with Crippen LogP contribution in [0.3, 0.4) is 0 Å². The van der Waals surface area contributed by atoms with Gasteiger partial charge in [0.15, 0.2) is 0 Å². The maximum absolute atomic E-state index is 9.90. The lowest BCUT2D eigenvalue weighted by Gasteiger charge is -2.20. The minimum Gasteiger partial charge on any atom is -0.398 e. The van der Waals surface area contributed by atoms with E-state index in [0.717, 1.165) is 29.7 Å². The van der Waals surface area contributed by atoms with Crippen molar-refractivity contribution in [1.29, 1.82) is 0 Å². The molecule has 0 heterocycles. The number of benzene rings is 1. The van der Waals surface area contributed by atoms with E-state index in [0.29, 0.717) is 6.42 Å². The number of nitrogen functional groups attached to an aromatic ring is 1. The third kappa shape index (κ3) is 3.36. The Bertz CT molecular complexity index is 455. The van der Waals surface area contributed by atoms with Gasteiger partial charge in [-0.3, -0.25) is 0 Å². The zero-order valence-electron chi connectivity index (χ0n) is 11.4. The number of anilines is 1. The van der Waals surface area contributed by atoms with Gasteiger partial charge in [-0.05, 0) is 62.8 Å². The van der Waals surface area contributed by atoms with Crippen molar-refractivity contribution in [3.8, 4) is 0 Å². The predicted molar refractivity (Wildman–Crippen MR) is 77.3 cm³/mol. The van der Waals surface area contributed by atoms with Crippen LogP contribution in [-0.4, -0.2) is 10.7 Å². The monoisotopic (exact) mass is 245 g/mol. The van der Waals surface area contributed by atoms with Crippen LogP contribution in [0.4, 0.5) is 5.69 Å². The first-order chi connectivity index (χ1) is 8.46. The van der Waals surface area contributed by atoms with Crippen LogP contribution in [0.5, 0.6) is 0 Å². The third-order valence-corrected chi connectivity index (χ3v) is 3.39. The number of rotatable bonds is 3. The van der Waals surface area contributed by atoms with Gasteiger partial charge < -0.3 is 10.8 Å². The summed E-state index contributed by atoms with van der Waals surface area (Å²) in [5.74, 6) is 0. The average Bonchev–Trinajstić information content (AvgIpc) is 2.31. The Morgan fingerprint density at radius 1 is 1.28 bits per heavy atom. The lowest BCUT2D eigenvalue weighted by Crippen LogP contribution is -2.21. The quantitative estimate of drug-likeness (QED) is 0.800. The molecule has 2 heteroatoms. The SMILES string of the molecule is CC(C)(O)Cc1ccc(N)c(C2=CCCCC2)c1. The molecule has 0 atom stereocenters. The molecule has 0 spiro atoms. The van der Waals surface area contributed by atoms with Gasteiger partial charge in [0.25, 0.3) is 0 Å². The summed E-state index contributed by atoms with van der Waals surface area (Å²) in [5, 5.41) is 9.90. The first-order valence-corrected chi connectivity index (χ1v) is 6.76. The maximum atomic E-state index is 9.90. The van der Waals surface area contributed by atoms with Gasteiger partial charge in [-0.2, -0.15) is 0 Å². The summed E-state index contributed by atoms with van der Waals surface area (Å²) in [6, 6.07) is 6.12. The molecule has 0 radical (unpaired) electrons. The molecule has 0 aliphatic heterocycles. The van der Waals surface area contributed by atoms with E-state index in [1.807, 2.05) is 26.0 Å². The number of hydrogen-bond acceptors (Lipinski definition) is 2. The van der Waals surface area contributed by atoms with Crippen molar-refractivity contribution in [1.82, 2.24) is 0 Å². The van der Waals surface area contributed by atoms with Crippen molar-refractivity contribution in [3.63, 3.8) is 0 Å². The molecule has 0 amide bonds. The first-order valence-electron chi connectivity index (χ1n) is 6.76. The molecule has 0 unspecified atom stereocenters. The summed E-state index contributed by atoms with van der Waals surface area (Å²) in [6.07, 6.45) is 7.78. The topological polar surface area (TPSA) is 46.2 Å². The number of aliphatic hydroxyl groups is 1. The largest absolute Gasteiger partial charge is 0.398 e. The van der Waals surface area contributed by atoms with Crippen molar-refractivity contribution < 1.29 is 5.11 Å². The fourth-order valence-electron chi connectivity index (χ4n) is 2.57. The summed E-state index contributed by atoms with van der Waals surface area (Å²) in [6.45, 7) is 3.67. The van der Waals surface area contributed by atoms with E-state index in [2.05, 4.69) is 12.1 Å². The van der Waals surface area contributed by atoms with Gasteiger partial charge in [0, 0.05) is 17.7 Å². The van der Waals surface area contributed by atoms with E-state index in [-0.39, 0.29) is 0 Å². The van der Waals surface area contributed by atoms with Crippen LogP contribution < -0.4 is 5.73 Å². The predicted octanol–water partition coefficient (Wildman–Crippen LogP) is 3.54. The van der Waals surface area contributed by atoms with Gasteiger partial charge in [0.05, 0.1) is 5.60 Å². The van der Waals surface area contributed by atoms with E-state index in [4.69, 9.17) is 5.73 Å². The number of hydrogen-bond donors (Lipinski definition) is 2. The maximum Gasteiger partial charge on any atom is 0.0631 e. The Labute approximate surface area is 110 Å². The Balaban J connectivity index is 2.29. The standard InChI is InChI=1S/C16H23NO/c1-16(2,18)11-12-8-9-15(17)14(10-12)13-6-4-3-5-7-13/h6,8-10,18H,3-5,7,11,17H2,1-2H3. The van der Waals surface area contributed by atoms with Crippen LogP contribution in [0, 0.1) is 0 Å². The number of nitrogens with two attached hydrogens (primary N) is 1. The lowest BCUT2D eigenvalue weighted by atomic mass is 9.90. The Morgan fingerprint density at radius 2 is 2.06 bits per heavy atom. The van der Waals surface area contributed by atoms with Crippen molar-refractivity contribution >= 4 is 11.3 Å². The molecule has 18 heavy (non-hydrogen) atoms. The zero-order chi connectivity index (χ0) is 13.2. The summed E-state index contributed by atoms with van der Waals surface area (Å²) >= 11 is 0. The minimum atomic E-state index is -0.672. The van der Waals surface area contributed by atoms with Gasteiger partial charge in [-0.15, -0.1) is 0 Å². The highest BCUT2D eigenvalue weighted by molar-refractivity contribution is 5.76. The van der Waals surface area contributed by atoms with E-state index in [9.17, 15) is 5.11 Å². The van der Waals surface area contributed by atoms with Gasteiger partial charge >= 0.3 is 0 Å². The van der Waals surface area contributed by atoms with Gasteiger partial charge in [0.1, 0.15) is 0 Å². The van der Waals surface area contributed by atoms with Gasteiger partial charge in [-0.1, -0.05) is 12.1 Å². The second kappa shape index (κ2) is 5.15. The fourth-order valence-corrected chi connectivity index (χ4v) is 2.57. The smallest absolute Gasteiger partial charge is 0.0631 e. The third-order valence-electron chi connectivity index (χ3n) is 3.39. The van der Waals surface area contributed by atoms with Gasteiger partial charge in [0.2, 0.25) is 0 Å². The molecule has 1 aliphatic carbocycles. The van der Waals surface area contributed by atoms with E-state index >= 15 is 0 Å². The normalized spacial score (nSPS) is 16.5. The Kier molecular flexibility index (Phi) is 3.76. The highest BCUT2D eigenvalue weighted by atomic mass is 16.3. The van der Waals surface area contributed by atoms with E-state index < -0.39 is 5.60 Å². The molecular weight excluding hydrogens is 222 g/mol. The van der Waals surface area contributed by atoms with Gasteiger partial charge in [-0.25, -0.2) is 0 Å². The van der Waals surface area contributed by atoms with Crippen LogP contribution in [0.25, 0.3) is 5.57 Å². The molecule has 0 aromatic heterocycles. The molecule has 0 bridgehead atoms. The van der Waals surface area contributed by atoms with Crippen LogP contribution in [0.15, 0.2) is 24.3 Å². The van der Waals surface area contributed by atoms with Crippen LogP contribution in [-0.2, 0) is 6.42 Å². The zero-order valence-corrected chi connectivity index (χ0v) is 11.4.